The van der Waals surface area contributed by atoms with E-state index in [4.69, 9.17) is 13.9 Å². The Hall–Kier alpha value is -2.89. The van der Waals surface area contributed by atoms with Crippen molar-refractivity contribution in [3.63, 3.8) is 0 Å². The van der Waals surface area contributed by atoms with Crippen LogP contribution in [0.15, 0.2) is 52.1 Å². The first kappa shape index (κ1) is 13.5. The Kier molecular flexibility index (Phi) is 3.95. The summed E-state index contributed by atoms with van der Waals surface area (Å²) in [5, 5.41) is 0. The van der Waals surface area contributed by atoms with Crippen LogP contribution in [-0.4, -0.2) is 11.9 Å². The van der Waals surface area contributed by atoms with Crippen LogP contribution in [0.25, 0.3) is 0 Å². The molecule has 0 spiro atoms. The molecule has 1 aromatic carbocycles. The maximum atomic E-state index is 12.0. The van der Waals surface area contributed by atoms with E-state index in [1.165, 1.54) is 25.3 Å². The van der Waals surface area contributed by atoms with Crippen molar-refractivity contribution in [1.82, 2.24) is 0 Å². The van der Waals surface area contributed by atoms with E-state index in [1.54, 1.807) is 12.1 Å². The Morgan fingerprint density at radius 1 is 1.05 bits per heavy atom. The van der Waals surface area contributed by atoms with Gasteiger partial charge in [-0.25, -0.2) is 4.79 Å². The molecule has 0 bridgehead atoms. The Bertz CT molecular complexity index is 701. The molecule has 0 aliphatic heterocycles. The zero-order valence-corrected chi connectivity index (χ0v) is 10.5. The standard InChI is InChI=1S/C14H10O6/c1-9(15)19-12-5-3-2-4-10(12)14(17)20-13-8-18-7-6-11(13)16/h2-8H,1H3. The smallest absolute Gasteiger partial charge is 0.347 e. The van der Waals surface area contributed by atoms with Crippen molar-refractivity contribution in [1.29, 1.82) is 0 Å². The molecule has 1 aromatic heterocycles. The molecule has 0 aliphatic rings. The van der Waals surface area contributed by atoms with E-state index in [2.05, 4.69) is 0 Å². The molecule has 0 fully saturated rings. The minimum Gasteiger partial charge on any atom is -0.468 e. The van der Waals surface area contributed by atoms with Gasteiger partial charge in [-0.1, -0.05) is 12.1 Å². The van der Waals surface area contributed by atoms with Crippen molar-refractivity contribution >= 4 is 11.9 Å². The van der Waals surface area contributed by atoms with Crippen molar-refractivity contribution in [2.75, 3.05) is 0 Å². The van der Waals surface area contributed by atoms with Gasteiger partial charge in [0, 0.05) is 13.0 Å². The lowest BCUT2D eigenvalue weighted by Crippen LogP contribution is -2.16. The predicted octanol–water partition coefficient (Wildman–Crippen LogP) is 1.78. The van der Waals surface area contributed by atoms with Gasteiger partial charge in [0.25, 0.3) is 0 Å². The van der Waals surface area contributed by atoms with Crippen LogP contribution in [0, 0.1) is 0 Å². The summed E-state index contributed by atoms with van der Waals surface area (Å²) >= 11 is 0. The molecule has 102 valence electrons. The molecule has 1 heterocycles. The number of carbonyl (C=O) groups excluding carboxylic acids is 2. The number of para-hydroxylation sites is 1. The number of benzene rings is 1. The summed E-state index contributed by atoms with van der Waals surface area (Å²) in [4.78, 5) is 34.4. The fourth-order valence-corrected chi connectivity index (χ4v) is 1.45. The van der Waals surface area contributed by atoms with Gasteiger partial charge in [0.15, 0.2) is 0 Å². The fraction of sp³-hybridized carbons (Fsp3) is 0.0714. The molecule has 0 N–H and O–H groups in total. The molecule has 6 nitrogen and oxygen atoms in total. The van der Waals surface area contributed by atoms with Gasteiger partial charge >= 0.3 is 11.9 Å². The van der Waals surface area contributed by atoms with Gasteiger partial charge in [0.05, 0.1) is 6.26 Å². The van der Waals surface area contributed by atoms with Crippen molar-refractivity contribution in [2.45, 2.75) is 6.92 Å². The topological polar surface area (TPSA) is 82.8 Å². The molecular weight excluding hydrogens is 264 g/mol. The van der Waals surface area contributed by atoms with Crippen molar-refractivity contribution in [3.8, 4) is 11.5 Å². The first-order chi connectivity index (χ1) is 9.58. The van der Waals surface area contributed by atoms with Crippen molar-refractivity contribution in [3.05, 3.63) is 58.6 Å². The summed E-state index contributed by atoms with van der Waals surface area (Å²) in [5.41, 5.74) is -0.458. The second-order valence-electron chi connectivity index (χ2n) is 3.76. The molecule has 2 rings (SSSR count). The van der Waals surface area contributed by atoms with Gasteiger partial charge < -0.3 is 13.9 Å². The highest BCUT2D eigenvalue weighted by Crippen LogP contribution is 2.19. The van der Waals surface area contributed by atoms with Crippen LogP contribution in [0.3, 0.4) is 0 Å². The largest absolute Gasteiger partial charge is 0.468 e. The summed E-state index contributed by atoms with van der Waals surface area (Å²) < 4.78 is 14.6. The van der Waals surface area contributed by atoms with Crippen LogP contribution < -0.4 is 14.9 Å². The van der Waals surface area contributed by atoms with Gasteiger partial charge in [0.2, 0.25) is 11.2 Å². The maximum Gasteiger partial charge on any atom is 0.347 e. The third kappa shape index (κ3) is 3.11. The maximum absolute atomic E-state index is 12.0. The normalized spacial score (nSPS) is 9.85. The summed E-state index contributed by atoms with van der Waals surface area (Å²) in [6.07, 6.45) is 2.20. The van der Waals surface area contributed by atoms with Crippen LogP contribution >= 0.6 is 0 Å². The third-order valence-electron chi connectivity index (χ3n) is 2.28. The lowest BCUT2D eigenvalue weighted by molar-refractivity contribution is -0.131. The fourth-order valence-electron chi connectivity index (χ4n) is 1.45. The zero-order valence-electron chi connectivity index (χ0n) is 10.5. The minimum atomic E-state index is -0.819. The zero-order chi connectivity index (χ0) is 14.5. The Balaban J connectivity index is 2.28. The number of ether oxygens (including phenoxy) is 2. The molecule has 0 atom stereocenters. The molecule has 20 heavy (non-hydrogen) atoms. The van der Waals surface area contributed by atoms with Crippen molar-refractivity contribution < 1.29 is 23.5 Å². The summed E-state index contributed by atoms with van der Waals surface area (Å²) in [6.45, 7) is 1.22. The van der Waals surface area contributed by atoms with E-state index in [-0.39, 0.29) is 17.1 Å². The highest BCUT2D eigenvalue weighted by atomic mass is 16.6. The first-order valence-corrected chi connectivity index (χ1v) is 5.64. The van der Waals surface area contributed by atoms with E-state index in [0.717, 1.165) is 12.3 Å². The average molecular weight is 274 g/mol. The van der Waals surface area contributed by atoms with Gasteiger partial charge in [-0.05, 0) is 12.1 Å². The average Bonchev–Trinajstić information content (AvgIpc) is 2.41. The molecule has 2 aromatic rings. The van der Waals surface area contributed by atoms with Gasteiger partial charge in [-0.2, -0.15) is 0 Å². The van der Waals surface area contributed by atoms with Crippen molar-refractivity contribution in [2.24, 2.45) is 0 Å². The molecule has 0 amide bonds. The van der Waals surface area contributed by atoms with E-state index in [9.17, 15) is 14.4 Å². The highest BCUT2D eigenvalue weighted by Gasteiger charge is 2.17. The van der Waals surface area contributed by atoms with Crippen LogP contribution in [0.4, 0.5) is 0 Å². The lowest BCUT2D eigenvalue weighted by Gasteiger charge is -2.07. The van der Waals surface area contributed by atoms with E-state index in [1.807, 2.05) is 0 Å². The lowest BCUT2D eigenvalue weighted by atomic mass is 10.2. The first-order valence-electron chi connectivity index (χ1n) is 5.64. The summed E-state index contributed by atoms with van der Waals surface area (Å²) in [5.74, 6) is -1.56. The number of hydrogen-bond acceptors (Lipinski definition) is 6. The summed E-state index contributed by atoms with van der Waals surface area (Å²) in [7, 11) is 0. The van der Waals surface area contributed by atoms with Gasteiger partial charge in [0.1, 0.15) is 17.6 Å². The van der Waals surface area contributed by atoms with E-state index >= 15 is 0 Å². The van der Waals surface area contributed by atoms with E-state index < -0.39 is 17.4 Å². The molecular formula is C14H10O6. The number of rotatable bonds is 3. The molecule has 0 aliphatic carbocycles. The van der Waals surface area contributed by atoms with Gasteiger partial charge in [-0.15, -0.1) is 0 Å². The molecule has 0 saturated carbocycles. The number of hydrogen-bond donors (Lipinski definition) is 0. The minimum absolute atomic E-state index is 0.0333. The molecule has 0 saturated heterocycles. The van der Waals surface area contributed by atoms with Crippen LogP contribution in [-0.2, 0) is 4.79 Å². The Morgan fingerprint density at radius 2 is 1.80 bits per heavy atom. The number of esters is 2. The Labute approximate surface area is 113 Å². The molecule has 0 unspecified atom stereocenters. The van der Waals surface area contributed by atoms with Gasteiger partial charge in [-0.3, -0.25) is 9.59 Å². The second-order valence-corrected chi connectivity index (χ2v) is 3.76. The van der Waals surface area contributed by atoms with Crippen LogP contribution in [0.1, 0.15) is 17.3 Å². The quantitative estimate of drug-likeness (QED) is 0.626. The highest BCUT2D eigenvalue weighted by molar-refractivity contribution is 5.94. The number of carbonyl (C=O) groups is 2. The van der Waals surface area contributed by atoms with Crippen LogP contribution in [0.2, 0.25) is 0 Å². The Morgan fingerprint density at radius 3 is 2.50 bits per heavy atom. The van der Waals surface area contributed by atoms with E-state index in [0.29, 0.717) is 0 Å². The third-order valence-corrected chi connectivity index (χ3v) is 2.28. The second kappa shape index (κ2) is 5.83. The molecule has 0 radical (unpaired) electrons. The monoisotopic (exact) mass is 274 g/mol. The molecule has 6 heteroatoms. The predicted molar refractivity (Wildman–Crippen MR) is 67.7 cm³/mol. The van der Waals surface area contributed by atoms with Crippen LogP contribution in [0.5, 0.6) is 11.5 Å². The SMILES string of the molecule is CC(=O)Oc1ccccc1C(=O)Oc1coccc1=O. The summed E-state index contributed by atoms with van der Waals surface area (Å²) in [6, 6.07) is 7.18.